The van der Waals surface area contributed by atoms with Gasteiger partial charge in [-0.3, -0.25) is 9.59 Å². The van der Waals surface area contributed by atoms with Crippen LogP contribution >= 0.6 is 15.9 Å². The van der Waals surface area contributed by atoms with Gasteiger partial charge in [-0.2, -0.15) is 0 Å². The van der Waals surface area contributed by atoms with Crippen molar-refractivity contribution in [1.29, 1.82) is 0 Å². The lowest BCUT2D eigenvalue weighted by Crippen LogP contribution is -2.51. The number of carbonyl (C=O) groups is 1. The van der Waals surface area contributed by atoms with Crippen molar-refractivity contribution in [1.82, 2.24) is 9.88 Å². The predicted octanol–water partition coefficient (Wildman–Crippen LogP) is 4.95. The van der Waals surface area contributed by atoms with E-state index >= 15 is 4.39 Å². The van der Waals surface area contributed by atoms with Gasteiger partial charge in [0.1, 0.15) is 17.2 Å². The SMILES string of the molecule is COC1(C(=O)NC2CCc3ccc(Br)c(=O)n3C2Cc2cccc(-c3cccc(F)c3)c2F)CC1. The molecule has 0 radical (unpaired) electrons. The Balaban J connectivity index is 1.54. The van der Waals surface area contributed by atoms with Crippen LogP contribution in [0.15, 0.2) is 63.9 Å². The lowest BCUT2D eigenvalue weighted by Gasteiger charge is -2.36. The number of nitrogens with zero attached hydrogens (tertiary/aromatic N) is 1. The lowest BCUT2D eigenvalue weighted by molar-refractivity contribution is -0.134. The summed E-state index contributed by atoms with van der Waals surface area (Å²) >= 11 is 3.32. The summed E-state index contributed by atoms with van der Waals surface area (Å²) in [6.07, 6.45) is 2.71. The van der Waals surface area contributed by atoms with Crippen molar-refractivity contribution >= 4 is 21.8 Å². The molecule has 0 saturated heterocycles. The van der Waals surface area contributed by atoms with E-state index in [0.29, 0.717) is 41.3 Å². The smallest absolute Gasteiger partial charge is 0.265 e. The van der Waals surface area contributed by atoms with Gasteiger partial charge >= 0.3 is 0 Å². The number of nitrogens with one attached hydrogen (secondary N) is 1. The molecule has 35 heavy (non-hydrogen) atoms. The largest absolute Gasteiger partial charge is 0.368 e. The van der Waals surface area contributed by atoms with Crippen molar-refractivity contribution in [3.8, 4) is 11.1 Å². The molecule has 182 valence electrons. The van der Waals surface area contributed by atoms with Gasteiger partial charge in [-0.1, -0.05) is 30.3 Å². The zero-order valence-electron chi connectivity index (χ0n) is 19.2. The van der Waals surface area contributed by atoms with Gasteiger partial charge in [0.2, 0.25) is 0 Å². The van der Waals surface area contributed by atoms with Crippen LogP contribution in [0, 0.1) is 11.6 Å². The van der Waals surface area contributed by atoms with Crippen LogP contribution in [-0.4, -0.2) is 29.2 Å². The van der Waals surface area contributed by atoms with E-state index in [1.807, 2.05) is 6.07 Å². The number of methoxy groups -OCH3 is 1. The summed E-state index contributed by atoms with van der Waals surface area (Å²) in [4.78, 5) is 26.1. The first-order valence-electron chi connectivity index (χ1n) is 11.6. The van der Waals surface area contributed by atoms with E-state index in [9.17, 15) is 14.0 Å². The molecule has 8 heteroatoms. The first-order chi connectivity index (χ1) is 16.8. The fourth-order valence-electron chi connectivity index (χ4n) is 4.99. The molecule has 1 aliphatic carbocycles. The minimum atomic E-state index is -0.810. The Morgan fingerprint density at radius 1 is 1.17 bits per heavy atom. The molecule has 0 bridgehead atoms. The summed E-state index contributed by atoms with van der Waals surface area (Å²) in [5.41, 5.74) is 0.925. The molecule has 1 aliphatic heterocycles. The quantitative estimate of drug-likeness (QED) is 0.479. The number of ether oxygens (including phenoxy) is 1. The Morgan fingerprint density at radius 3 is 2.66 bits per heavy atom. The van der Waals surface area contributed by atoms with Crippen molar-refractivity contribution in [3.05, 3.63) is 92.3 Å². The first kappa shape index (κ1) is 23.9. The number of pyridine rings is 1. The van der Waals surface area contributed by atoms with E-state index in [4.69, 9.17) is 4.74 Å². The third-order valence-corrected chi connectivity index (χ3v) is 7.73. The second-order valence-corrected chi connectivity index (χ2v) is 10.1. The molecule has 1 N–H and O–H groups in total. The number of aryl methyl sites for hydroxylation is 1. The molecule has 1 fully saturated rings. The van der Waals surface area contributed by atoms with Gasteiger partial charge < -0.3 is 14.6 Å². The normalized spacial score (nSPS) is 20.2. The Kier molecular flexibility index (Phi) is 6.36. The van der Waals surface area contributed by atoms with Crippen molar-refractivity contribution < 1.29 is 18.3 Å². The van der Waals surface area contributed by atoms with E-state index in [0.717, 1.165) is 5.69 Å². The van der Waals surface area contributed by atoms with Crippen LogP contribution in [0.4, 0.5) is 8.78 Å². The third-order valence-electron chi connectivity index (χ3n) is 7.13. The monoisotopic (exact) mass is 542 g/mol. The number of aromatic nitrogens is 1. The number of halogens is 3. The minimum absolute atomic E-state index is 0.184. The highest BCUT2D eigenvalue weighted by Gasteiger charge is 2.51. The molecular formula is C27H25BrF2N2O3. The molecule has 2 atom stereocenters. The van der Waals surface area contributed by atoms with Crippen molar-refractivity contribution in [2.75, 3.05) is 7.11 Å². The fraction of sp³-hybridized carbons (Fsp3) is 0.333. The molecule has 2 aliphatic rings. The summed E-state index contributed by atoms with van der Waals surface area (Å²) in [6.45, 7) is 0. The van der Waals surface area contributed by atoms with Gasteiger partial charge in [-0.15, -0.1) is 0 Å². The molecule has 0 spiro atoms. The van der Waals surface area contributed by atoms with Gasteiger partial charge in [0, 0.05) is 18.4 Å². The fourth-order valence-corrected chi connectivity index (χ4v) is 5.31. The molecule has 2 heterocycles. The lowest BCUT2D eigenvalue weighted by atomic mass is 9.89. The van der Waals surface area contributed by atoms with Gasteiger partial charge in [0.05, 0.1) is 16.6 Å². The molecule has 1 amide bonds. The van der Waals surface area contributed by atoms with Crippen LogP contribution in [0.25, 0.3) is 11.1 Å². The van der Waals surface area contributed by atoms with Crippen LogP contribution in [0.5, 0.6) is 0 Å². The molecule has 2 unspecified atom stereocenters. The van der Waals surface area contributed by atoms with Gasteiger partial charge in [-0.25, -0.2) is 8.78 Å². The number of carbonyl (C=O) groups excluding carboxylic acids is 1. The highest BCUT2D eigenvalue weighted by Crippen LogP contribution is 2.40. The Bertz CT molecular complexity index is 1350. The Hall–Kier alpha value is -2.84. The maximum atomic E-state index is 15.7. The van der Waals surface area contributed by atoms with Gasteiger partial charge in [-0.05, 0) is 83.4 Å². The summed E-state index contributed by atoms with van der Waals surface area (Å²) < 4.78 is 37.0. The maximum Gasteiger partial charge on any atom is 0.265 e. The average molecular weight is 543 g/mol. The third kappa shape index (κ3) is 4.45. The zero-order valence-corrected chi connectivity index (χ0v) is 20.8. The molecule has 1 saturated carbocycles. The molecule has 5 rings (SSSR count). The minimum Gasteiger partial charge on any atom is -0.368 e. The highest BCUT2D eigenvalue weighted by atomic mass is 79.9. The second kappa shape index (κ2) is 9.32. The summed E-state index contributed by atoms with van der Waals surface area (Å²) in [6, 6.07) is 13.5. The van der Waals surface area contributed by atoms with Crippen molar-refractivity contribution in [3.63, 3.8) is 0 Å². The Morgan fingerprint density at radius 2 is 1.94 bits per heavy atom. The van der Waals surface area contributed by atoms with E-state index in [2.05, 4.69) is 21.2 Å². The van der Waals surface area contributed by atoms with Crippen molar-refractivity contribution in [2.24, 2.45) is 0 Å². The number of benzene rings is 2. The van der Waals surface area contributed by atoms with Crippen molar-refractivity contribution in [2.45, 2.75) is 49.8 Å². The Labute approximate surface area is 210 Å². The van der Waals surface area contributed by atoms with Crippen LogP contribution in [0.1, 0.15) is 36.6 Å². The standard InChI is InChI=1S/C27H25BrF2N2O3/c1-35-27(12-13-27)26(34)31-22-11-9-19-8-10-21(28)25(33)32(19)23(22)15-17-5-3-7-20(24(17)30)16-4-2-6-18(29)14-16/h2-8,10,14,22-23H,9,11-13,15H2,1H3,(H,31,34). The predicted molar refractivity (Wildman–Crippen MR) is 132 cm³/mol. The molecule has 2 aromatic carbocycles. The number of hydrogen-bond donors (Lipinski definition) is 1. The summed E-state index contributed by atoms with van der Waals surface area (Å²) in [5.74, 6) is -1.11. The number of amides is 1. The molecule has 5 nitrogen and oxygen atoms in total. The zero-order chi connectivity index (χ0) is 24.7. The molecule has 3 aromatic rings. The topological polar surface area (TPSA) is 60.3 Å². The molecular weight excluding hydrogens is 518 g/mol. The number of fused-ring (bicyclic) bond motifs is 1. The van der Waals surface area contributed by atoms with E-state index in [1.54, 1.807) is 41.0 Å². The molecule has 1 aromatic heterocycles. The average Bonchev–Trinajstić information content (AvgIpc) is 3.65. The van der Waals surface area contributed by atoms with Crippen LogP contribution in [0.2, 0.25) is 0 Å². The van der Waals surface area contributed by atoms with Crippen LogP contribution < -0.4 is 10.9 Å². The summed E-state index contributed by atoms with van der Waals surface area (Å²) in [5, 5.41) is 3.09. The highest BCUT2D eigenvalue weighted by molar-refractivity contribution is 9.10. The van der Waals surface area contributed by atoms with Gasteiger partial charge in [0.25, 0.3) is 11.5 Å². The van der Waals surface area contributed by atoms with E-state index in [1.165, 1.54) is 19.2 Å². The van der Waals surface area contributed by atoms with E-state index < -0.39 is 23.3 Å². The first-order valence-corrected chi connectivity index (χ1v) is 12.4. The second-order valence-electron chi connectivity index (χ2n) is 9.23. The van der Waals surface area contributed by atoms with Crippen LogP contribution in [0.3, 0.4) is 0 Å². The van der Waals surface area contributed by atoms with Crippen LogP contribution in [-0.2, 0) is 22.4 Å². The van der Waals surface area contributed by atoms with Gasteiger partial charge in [0.15, 0.2) is 0 Å². The summed E-state index contributed by atoms with van der Waals surface area (Å²) in [7, 11) is 1.52. The number of rotatable bonds is 6. The number of hydrogen-bond acceptors (Lipinski definition) is 3. The van der Waals surface area contributed by atoms with E-state index in [-0.39, 0.29) is 29.5 Å². The maximum absolute atomic E-state index is 15.7.